The molecule has 35 heavy (non-hydrogen) atoms. The number of hydrogen-bond acceptors (Lipinski definition) is 7. The minimum atomic E-state index is -1.18. The third-order valence-corrected chi connectivity index (χ3v) is 6.73. The van der Waals surface area contributed by atoms with Gasteiger partial charge in [0.2, 0.25) is 0 Å². The van der Waals surface area contributed by atoms with Crippen LogP contribution in [0, 0.1) is 6.92 Å². The molecule has 0 atom stereocenters. The van der Waals surface area contributed by atoms with Gasteiger partial charge in [0.25, 0.3) is 5.91 Å². The first-order valence-corrected chi connectivity index (χ1v) is 11.9. The molecule has 3 N–H and O–H groups in total. The Hall–Kier alpha value is -3.76. The topological polar surface area (TPSA) is 129 Å². The van der Waals surface area contributed by atoms with Crippen LogP contribution in [0.25, 0.3) is 11.1 Å². The van der Waals surface area contributed by atoms with Crippen LogP contribution in [-0.2, 0) is 16.1 Å². The molecule has 0 spiro atoms. The fourth-order valence-electron chi connectivity index (χ4n) is 4.21. The van der Waals surface area contributed by atoms with Gasteiger partial charge < -0.3 is 25.2 Å². The van der Waals surface area contributed by atoms with E-state index in [2.05, 4.69) is 22.4 Å². The molecule has 4 rings (SSSR count). The number of carbonyl (C=O) groups excluding carboxylic acids is 2. The summed E-state index contributed by atoms with van der Waals surface area (Å²) in [7, 11) is 0. The smallest absolute Gasteiger partial charge is 0.407 e. The zero-order valence-corrected chi connectivity index (χ0v) is 19.9. The summed E-state index contributed by atoms with van der Waals surface area (Å²) in [5.41, 5.74) is 4.63. The van der Waals surface area contributed by atoms with Gasteiger partial charge in [0.05, 0.1) is 13.2 Å². The predicted octanol–water partition coefficient (Wildman–Crippen LogP) is 3.01. The second-order valence-corrected chi connectivity index (χ2v) is 9.32. The number of ether oxygens (including phenoxy) is 1. The largest absolute Gasteiger partial charge is 0.480 e. The van der Waals surface area contributed by atoms with Gasteiger partial charge >= 0.3 is 12.1 Å². The van der Waals surface area contributed by atoms with Crippen LogP contribution in [0.1, 0.15) is 37.4 Å². The molecule has 0 aliphatic heterocycles. The molecule has 1 heterocycles. The fraction of sp³-hybridized carbons (Fsp3) is 0.280. The lowest BCUT2D eigenvalue weighted by atomic mass is 9.98. The lowest BCUT2D eigenvalue weighted by Gasteiger charge is -2.18. The summed E-state index contributed by atoms with van der Waals surface area (Å²) in [6.45, 7) is 0.928. The summed E-state index contributed by atoms with van der Waals surface area (Å²) in [6.07, 6.45) is -0.597. The summed E-state index contributed by atoms with van der Waals surface area (Å²) in [5.74, 6) is -1.81. The van der Waals surface area contributed by atoms with Crippen LogP contribution in [-0.4, -0.2) is 64.4 Å². The number of aliphatic hydroxyl groups excluding tert-OH is 1. The van der Waals surface area contributed by atoms with Gasteiger partial charge in [-0.05, 0) is 29.2 Å². The molecule has 0 fully saturated rings. The highest BCUT2D eigenvalue weighted by Gasteiger charge is 2.29. The first-order chi connectivity index (χ1) is 16.9. The molecule has 0 bridgehead atoms. The van der Waals surface area contributed by atoms with Crippen molar-refractivity contribution in [1.29, 1.82) is 0 Å². The van der Waals surface area contributed by atoms with Crippen molar-refractivity contribution in [1.82, 2.24) is 15.2 Å². The number of nitrogens with one attached hydrogen (secondary N) is 1. The van der Waals surface area contributed by atoms with Crippen LogP contribution in [0.2, 0.25) is 0 Å². The number of carboxylic acid groups (broad SMARTS) is 1. The zero-order valence-electron chi connectivity index (χ0n) is 19.1. The number of aliphatic hydroxyl groups is 1. The van der Waals surface area contributed by atoms with Gasteiger partial charge in [-0.3, -0.25) is 9.59 Å². The number of nitrogens with zero attached hydrogens (tertiary/aromatic N) is 2. The summed E-state index contributed by atoms with van der Waals surface area (Å²) in [4.78, 5) is 42.0. The molecule has 9 nitrogen and oxygen atoms in total. The number of carboxylic acids is 1. The molecule has 0 saturated carbocycles. The van der Waals surface area contributed by atoms with E-state index in [0.29, 0.717) is 9.88 Å². The van der Waals surface area contributed by atoms with Crippen LogP contribution in [0.15, 0.2) is 48.5 Å². The Balaban J connectivity index is 1.36. The monoisotopic (exact) mass is 495 g/mol. The highest BCUT2D eigenvalue weighted by molar-refractivity contribution is 7.11. The van der Waals surface area contributed by atoms with Crippen molar-refractivity contribution in [2.45, 2.75) is 19.4 Å². The molecule has 10 heteroatoms. The Morgan fingerprint density at radius 1 is 1.09 bits per heavy atom. The number of fused-ring (bicyclic) bond motifs is 3. The standard InChI is InChI=1S/C25H25N3O6S/c1-15-23(24(32)28(10-11-29)13-22(30)31)27-21(35-15)12-26-25(33)34-14-20-18-8-4-2-6-16(18)17-7-3-5-9-19(17)20/h2-9,20,29H,10-14H2,1H3,(H,26,33)(H,30,31). The second-order valence-electron chi connectivity index (χ2n) is 8.04. The number of aryl methyl sites for hydroxylation is 1. The van der Waals surface area contributed by atoms with Crippen LogP contribution in [0.5, 0.6) is 0 Å². The van der Waals surface area contributed by atoms with Crippen molar-refractivity contribution in [2.24, 2.45) is 0 Å². The molecule has 2 aromatic carbocycles. The number of thiazole rings is 1. The molecule has 0 unspecified atom stereocenters. The molecule has 0 radical (unpaired) electrons. The van der Waals surface area contributed by atoms with E-state index < -0.39 is 24.5 Å². The Bertz CT molecular complexity index is 1210. The number of hydrogen-bond donors (Lipinski definition) is 3. The van der Waals surface area contributed by atoms with E-state index in [9.17, 15) is 14.4 Å². The maximum absolute atomic E-state index is 12.7. The minimum Gasteiger partial charge on any atom is -0.480 e. The fourth-order valence-corrected chi connectivity index (χ4v) is 5.07. The Labute approximate surface area is 206 Å². The highest BCUT2D eigenvalue weighted by atomic mass is 32.1. The Morgan fingerprint density at radius 3 is 2.31 bits per heavy atom. The molecule has 182 valence electrons. The first kappa shape index (κ1) is 24.4. The quantitative estimate of drug-likeness (QED) is 0.416. The number of aliphatic carboxylic acids is 1. The van der Waals surface area contributed by atoms with Crippen LogP contribution in [0.3, 0.4) is 0 Å². The maximum atomic E-state index is 12.7. The maximum Gasteiger partial charge on any atom is 0.407 e. The summed E-state index contributed by atoms with van der Waals surface area (Å²) in [5, 5.41) is 21.3. The summed E-state index contributed by atoms with van der Waals surface area (Å²) >= 11 is 1.23. The van der Waals surface area contributed by atoms with Crippen molar-refractivity contribution in [2.75, 3.05) is 26.3 Å². The van der Waals surface area contributed by atoms with E-state index in [0.717, 1.165) is 27.2 Å². The zero-order chi connectivity index (χ0) is 24.9. The van der Waals surface area contributed by atoms with Gasteiger partial charge in [0.15, 0.2) is 0 Å². The molecule has 3 aromatic rings. The number of alkyl carbamates (subject to hydrolysis) is 1. The number of benzene rings is 2. The average Bonchev–Trinajstić information content (AvgIpc) is 3.38. The van der Waals surface area contributed by atoms with E-state index >= 15 is 0 Å². The van der Waals surface area contributed by atoms with Gasteiger partial charge in [-0.15, -0.1) is 11.3 Å². The van der Waals surface area contributed by atoms with Crippen LogP contribution < -0.4 is 5.32 Å². The minimum absolute atomic E-state index is 0.0498. The van der Waals surface area contributed by atoms with E-state index in [4.69, 9.17) is 14.9 Å². The van der Waals surface area contributed by atoms with Crippen molar-refractivity contribution < 1.29 is 29.3 Å². The molecule has 1 aliphatic rings. The molecular weight excluding hydrogens is 470 g/mol. The van der Waals surface area contributed by atoms with Crippen molar-refractivity contribution in [3.05, 3.63) is 75.2 Å². The van der Waals surface area contributed by atoms with Gasteiger partial charge in [0, 0.05) is 17.3 Å². The molecule has 1 aliphatic carbocycles. The van der Waals surface area contributed by atoms with Crippen molar-refractivity contribution in [3.8, 4) is 11.1 Å². The van der Waals surface area contributed by atoms with Gasteiger partial charge in [-0.2, -0.15) is 0 Å². The average molecular weight is 496 g/mol. The number of amides is 2. The van der Waals surface area contributed by atoms with E-state index in [-0.39, 0.29) is 37.9 Å². The van der Waals surface area contributed by atoms with Crippen LogP contribution >= 0.6 is 11.3 Å². The van der Waals surface area contributed by atoms with Gasteiger partial charge in [0.1, 0.15) is 23.9 Å². The molecule has 1 aromatic heterocycles. The lowest BCUT2D eigenvalue weighted by molar-refractivity contribution is -0.137. The Kier molecular flexibility index (Phi) is 7.42. The van der Waals surface area contributed by atoms with Crippen molar-refractivity contribution in [3.63, 3.8) is 0 Å². The van der Waals surface area contributed by atoms with E-state index in [1.54, 1.807) is 6.92 Å². The highest BCUT2D eigenvalue weighted by Crippen LogP contribution is 2.44. The van der Waals surface area contributed by atoms with E-state index in [1.807, 2.05) is 36.4 Å². The summed E-state index contributed by atoms with van der Waals surface area (Å²) in [6, 6.07) is 16.1. The van der Waals surface area contributed by atoms with Gasteiger partial charge in [-0.25, -0.2) is 9.78 Å². The Morgan fingerprint density at radius 2 is 1.71 bits per heavy atom. The van der Waals surface area contributed by atoms with Gasteiger partial charge in [-0.1, -0.05) is 48.5 Å². The predicted molar refractivity (Wildman–Crippen MR) is 129 cm³/mol. The first-order valence-electron chi connectivity index (χ1n) is 11.1. The molecule has 2 amide bonds. The summed E-state index contributed by atoms with van der Waals surface area (Å²) < 4.78 is 5.52. The normalized spacial score (nSPS) is 12.1. The van der Waals surface area contributed by atoms with Crippen LogP contribution in [0.4, 0.5) is 4.79 Å². The second kappa shape index (κ2) is 10.7. The van der Waals surface area contributed by atoms with E-state index in [1.165, 1.54) is 11.3 Å². The molecule has 0 saturated heterocycles. The number of aromatic nitrogens is 1. The third-order valence-electron chi connectivity index (χ3n) is 5.75. The van der Waals surface area contributed by atoms with Crippen molar-refractivity contribution >= 4 is 29.3 Å². The number of carbonyl (C=O) groups is 3. The third kappa shape index (κ3) is 5.33. The SMILES string of the molecule is Cc1sc(CNC(=O)OCC2c3ccccc3-c3ccccc32)nc1C(=O)N(CCO)CC(=O)O. The molecular formula is C25H25N3O6S. The number of rotatable bonds is 9. The lowest BCUT2D eigenvalue weighted by Crippen LogP contribution is -2.38.